The van der Waals surface area contributed by atoms with Crippen LogP contribution in [0.3, 0.4) is 0 Å². The van der Waals surface area contributed by atoms with Crippen molar-refractivity contribution < 1.29 is 13.9 Å². The molecule has 1 aliphatic heterocycles. The third kappa shape index (κ3) is 4.87. The van der Waals surface area contributed by atoms with E-state index in [4.69, 9.17) is 4.74 Å². The van der Waals surface area contributed by atoms with Crippen LogP contribution >= 0.6 is 0 Å². The molecular weight excluding hydrogens is 385 g/mol. The Morgan fingerprint density at radius 3 is 2.90 bits per heavy atom. The average molecular weight is 413 g/mol. The van der Waals surface area contributed by atoms with Gasteiger partial charge < -0.3 is 20.3 Å². The fourth-order valence-electron chi connectivity index (χ4n) is 4.26. The number of rotatable bonds is 7. The molecule has 2 atom stereocenters. The van der Waals surface area contributed by atoms with E-state index in [1.807, 2.05) is 23.4 Å². The minimum Gasteiger partial charge on any atom is -0.494 e. The maximum atomic E-state index is 13.5. The number of halogens is 1. The van der Waals surface area contributed by atoms with Crippen LogP contribution in [0.25, 0.3) is 0 Å². The molecule has 2 heterocycles. The zero-order valence-electron chi connectivity index (χ0n) is 17.2. The van der Waals surface area contributed by atoms with Crippen LogP contribution in [0.5, 0.6) is 5.75 Å². The zero-order chi connectivity index (χ0) is 20.9. The first-order valence-electron chi connectivity index (χ1n) is 10.5. The van der Waals surface area contributed by atoms with Crippen molar-refractivity contribution in [3.05, 3.63) is 47.5 Å². The molecule has 1 amide bonds. The molecule has 7 nitrogen and oxygen atoms in total. The third-order valence-electron chi connectivity index (χ3n) is 5.95. The van der Waals surface area contributed by atoms with Gasteiger partial charge in [-0.25, -0.2) is 14.4 Å². The number of hydrogen-bond acceptors (Lipinski definition) is 6. The van der Waals surface area contributed by atoms with Crippen molar-refractivity contribution in [2.75, 3.05) is 38.2 Å². The number of piperazine rings is 1. The van der Waals surface area contributed by atoms with Gasteiger partial charge >= 0.3 is 0 Å². The summed E-state index contributed by atoms with van der Waals surface area (Å²) in [6, 6.07) is 5.49. The van der Waals surface area contributed by atoms with E-state index in [0.29, 0.717) is 36.7 Å². The molecule has 1 saturated carbocycles. The number of methoxy groups -OCH3 is 1. The Labute approximate surface area is 176 Å². The highest BCUT2D eigenvalue weighted by molar-refractivity contribution is 5.81. The molecule has 4 rings (SSSR count). The average Bonchev–Trinajstić information content (AvgIpc) is 3.24. The van der Waals surface area contributed by atoms with E-state index in [9.17, 15) is 9.18 Å². The molecule has 2 N–H and O–H groups in total. The number of aromatic nitrogens is 2. The molecule has 8 heteroatoms. The van der Waals surface area contributed by atoms with Crippen molar-refractivity contribution >= 4 is 11.9 Å². The van der Waals surface area contributed by atoms with Gasteiger partial charge in [-0.3, -0.25) is 4.79 Å². The molecule has 2 aromatic rings. The topological polar surface area (TPSA) is 79.4 Å². The Hall–Kier alpha value is -2.74. The molecule has 1 aromatic heterocycles. The standard InChI is InChI=1S/C22H28FN5O2/c1-30-20-10-15(2-5-19(20)23)6-7-24-18-4-3-16(11-18)17-12-26-22(27-13-17)28-9-8-25-21(29)14-28/h2,5,10,12-13,16,18,24H,3-4,6-9,11,14H2,1H3,(H,25,29)/t16-,18+/m1/s1. The second-order valence-corrected chi connectivity index (χ2v) is 7.97. The summed E-state index contributed by atoms with van der Waals surface area (Å²) < 4.78 is 18.6. The lowest BCUT2D eigenvalue weighted by Crippen LogP contribution is -2.48. The van der Waals surface area contributed by atoms with Crippen molar-refractivity contribution in [1.29, 1.82) is 0 Å². The van der Waals surface area contributed by atoms with Gasteiger partial charge in [-0.2, -0.15) is 0 Å². The third-order valence-corrected chi connectivity index (χ3v) is 5.95. The summed E-state index contributed by atoms with van der Waals surface area (Å²) in [5.74, 6) is 1.05. The summed E-state index contributed by atoms with van der Waals surface area (Å²) in [5.41, 5.74) is 2.22. The Morgan fingerprint density at radius 1 is 1.30 bits per heavy atom. The number of carbonyl (C=O) groups is 1. The van der Waals surface area contributed by atoms with E-state index < -0.39 is 0 Å². The van der Waals surface area contributed by atoms with Gasteiger partial charge in [0.2, 0.25) is 11.9 Å². The fraction of sp³-hybridized carbons (Fsp3) is 0.500. The van der Waals surface area contributed by atoms with Gasteiger partial charge in [0, 0.05) is 31.5 Å². The molecule has 1 aromatic carbocycles. The molecule has 2 aliphatic rings. The van der Waals surface area contributed by atoms with Crippen LogP contribution in [0.4, 0.5) is 10.3 Å². The van der Waals surface area contributed by atoms with Gasteiger partial charge in [-0.05, 0) is 61.4 Å². The van der Waals surface area contributed by atoms with E-state index in [0.717, 1.165) is 49.9 Å². The van der Waals surface area contributed by atoms with E-state index in [1.54, 1.807) is 6.07 Å². The molecule has 0 unspecified atom stereocenters. The lowest BCUT2D eigenvalue weighted by atomic mass is 10.0. The van der Waals surface area contributed by atoms with E-state index in [-0.39, 0.29) is 11.7 Å². The molecule has 0 spiro atoms. The minimum atomic E-state index is -0.329. The van der Waals surface area contributed by atoms with Gasteiger partial charge in [-0.15, -0.1) is 0 Å². The lowest BCUT2D eigenvalue weighted by Gasteiger charge is -2.26. The van der Waals surface area contributed by atoms with Crippen LogP contribution in [-0.2, 0) is 11.2 Å². The van der Waals surface area contributed by atoms with Gasteiger partial charge in [0.25, 0.3) is 0 Å². The summed E-state index contributed by atoms with van der Waals surface area (Å²) in [7, 11) is 1.48. The van der Waals surface area contributed by atoms with Crippen LogP contribution in [0, 0.1) is 5.82 Å². The predicted molar refractivity (Wildman–Crippen MR) is 112 cm³/mol. The van der Waals surface area contributed by atoms with Crippen LogP contribution in [0.15, 0.2) is 30.6 Å². The minimum absolute atomic E-state index is 0.0118. The number of ether oxygens (including phenoxy) is 1. The highest BCUT2D eigenvalue weighted by atomic mass is 19.1. The van der Waals surface area contributed by atoms with Crippen molar-refractivity contribution in [3.8, 4) is 5.75 Å². The maximum absolute atomic E-state index is 13.5. The van der Waals surface area contributed by atoms with Crippen LogP contribution < -0.4 is 20.3 Å². The van der Waals surface area contributed by atoms with Gasteiger partial charge in [0.05, 0.1) is 13.7 Å². The number of nitrogens with one attached hydrogen (secondary N) is 2. The van der Waals surface area contributed by atoms with Gasteiger partial charge in [0.15, 0.2) is 11.6 Å². The molecule has 1 saturated heterocycles. The SMILES string of the molecule is COc1cc(CCN[C@H]2CC[C@@H](c3cnc(N4CCNC(=O)C4)nc3)C2)ccc1F. The number of benzene rings is 1. The van der Waals surface area contributed by atoms with E-state index in [2.05, 4.69) is 20.6 Å². The van der Waals surface area contributed by atoms with Crippen molar-refractivity contribution in [2.45, 2.75) is 37.6 Å². The van der Waals surface area contributed by atoms with E-state index >= 15 is 0 Å². The highest BCUT2D eigenvalue weighted by Gasteiger charge is 2.26. The first-order chi connectivity index (χ1) is 14.6. The summed E-state index contributed by atoms with van der Waals surface area (Å²) >= 11 is 0. The van der Waals surface area contributed by atoms with Crippen molar-refractivity contribution in [3.63, 3.8) is 0 Å². The Bertz CT molecular complexity index is 876. The summed E-state index contributed by atoms with van der Waals surface area (Å²) in [4.78, 5) is 22.5. The zero-order valence-corrected chi connectivity index (χ0v) is 17.2. The second kappa shape index (κ2) is 9.38. The number of anilines is 1. The van der Waals surface area contributed by atoms with E-state index in [1.165, 1.54) is 13.2 Å². The van der Waals surface area contributed by atoms with Crippen LogP contribution in [0.2, 0.25) is 0 Å². The smallest absolute Gasteiger partial charge is 0.239 e. The van der Waals surface area contributed by atoms with Crippen molar-refractivity contribution in [2.24, 2.45) is 0 Å². The number of hydrogen-bond donors (Lipinski definition) is 2. The molecule has 160 valence electrons. The Morgan fingerprint density at radius 2 is 2.13 bits per heavy atom. The molecule has 30 heavy (non-hydrogen) atoms. The Kier molecular flexibility index (Phi) is 6.42. The maximum Gasteiger partial charge on any atom is 0.239 e. The number of carbonyl (C=O) groups excluding carboxylic acids is 1. The molecule has 2 fully saturated rings. The lowest BCUT2D eigenvalue weighted by molar-refractivity contribution is -0.120. The largest absolute Gasteiger partial charge is 0.494 e. The van der Waals surface area contributed by atoms with Gasteiger partial charge in [0.1, 0.15) is 0 Å². The van der Waals surface area contributed by atoms with Crippen LogP contribution in [-0.4, -0.2) is 55.2 Å². The monoisotopic (exact) mass is 413 g/mol. The molecule has 1 aliphatic carbocycles. The van der Waals surface area contributed by atoms with Crippen molar-refractivity contribution in [1.82, 2.24) is 20.6 Å². The number of nitrogens with zero attached hydrogens (tertiary/aromatic N) is 3. The molecular formula is C22H28FN5O2. The van der Waals surface area contributed by atoms with Gasteiger partial charge in [-0.1, -0.05) is 6.07 Å². The summed E-state index contributed by atoms with van der Waals surface area (Å²) in [5, 5.41) is 6.43. The first-order valence-corrected chi connectivity index (χ1v) is 10.5. The fourth-order valence-corrected chi connectivity index (χ4v) is 4.26. The molecule has 0 bridgehead atoms. The Balaban J connectivity index is 1.25. The van der Waals surface area contributed by atoms with Crippen LogP contribution in [0.1, 0.15) is 36.3 Å². The quantitative estimate of drug-likeness (QED) is 0.723. The number of amides is 1. The predicted octanol–water partition coefficient (Wildman–Crippen LogP) is 2.03. The highest BCUT2D eigenvalue weighted by Crippen LogP contribution is 2.34. The summed E-state index contributed by atoms with van der Waals surface area (Å²) in [6.45, 7) is 2.53. The second-order valence-electron chi connectivity index (χ2n) is 7.97. The normalized spacial score (nSPS) is 21.5. The molecule has 0 radical (unpaired) electrons. The first kappa shape index (κ1) is 20.5. The summed E-state index contributed by atoms with van der Waals surface area (Å²) in [6.07, 6.45) is 7.93.